The predicted octanol–water partition coefficient (Wildman–Crippen LogP) is 4.36. The van der Waals surface area contributed by atoms with E-state index in [1.165, 1.54) is 11.3 Å². The number of amides is 1. The molecule has 1 aromatic carbocycles. The summed E-state index contributed by atoms with van der Waals surface area (Å²) in [6.45, 7) is 0. The molecule has 3 aromatic rings. The predicted molar refractivity (Wildman–Crippen MR) is 84.5 cm³/mol. The van der Waals surface area contributed by atoms with E-state index in [-0.39, 0.29) is 5.91 Å². The smallest absolute Gasteiger partial charge is 0.258 e. The fourth-order valence-corrected chi connectivity index (χ4v) is 3.08. The quantitative estimate of drug-likeness (QED) is 0.684. The van der Waals surface area contributed by atoms with E-state index in [2.05, 4.69) is 31.2 Å². The Kier molecular flexibility index (Phi) is 3.69. The number of hydrogen-bond acceptors (Lipinski definition) is 4. The van der Waals surface area contributed by atoms with Crippen LogP contribution in [0, 0.1) is 0 Å². The molecule has 20 heavy (non-hydrogen) atoms. The third-order valence-corrected chi connectivity index (χ3v) is 4.43. The summed E-state index contributed by atoms with van der Waals surface area (Å²) in [6, 6.07) is 7.01. The van der Waals surface area contributed by atoms with Crippen molar-refractivity contribution in [1.29, 1.82) is 0 Å². The summed E-state index contributed by atoms with van der Waals surface area (Å²) in [7, 11) is 0. The van der Waals surface area contributed by atoms with Crippen molar-refractivity contribution < 1.29 is 4.79 Å². The number of hydrogen-bond donors (Lipinski definition) is 1. The van der Waals surface area contributed by atoms with Crippen molar-refractivity contribution in [1.82, 2.24) is 9.97 Å². The van der Waals surface area contributed by atoms with Gasteiger partial charge in [0.25, 0.3) is 5.91 Å². The van der Waals surface area contributed by atoms with Gasteiger partial charge in [0.05, 0.1) is 26.5 Å². The van der Waals surface area contributed by atoms with Gasteiger partial charge in [-0.1, -0.05) is 11.6 Å². The molecule has 0 bridgehead atoms. The molecule has 1 amide bonds. The first kappa shape index (κ1) is 13.5. The van der Waals surface area contributed by atoms with Gasteiger partial charge in [0.2, 0.25) is 0 Å². The first-order chi connectivity index (χ1) is 9.66. The minimum Gasteiger partial charge on any atom is -0.319 e. The van der Waals surface area contributed by atoms with Crippen LogP contribution in [0.2, 0.25) is 5.02 Å². The van der Waals surface area contributed by atoms with Crippen LogP contribution in [0.1, 0.15) is 10.4 Å². The molecule has 0 fully saturated rings. The lowest BCUT2D eigenvalue weighted by molar-refractivity contribution is 0.102. The Hall–Kier alpha value is -1.50. The number of carbonyl (C=O) groups is 1. The molecule has 0 aliphatic heterocycles. The van der Waals surface area contributed by atoms with Gasteiger partial charge in [-0.15, -0.1) is 11.3 Å². The van der Waals surface area contributed by atoms with Crippen molar-refractivity contribution in [2.75, 3.05) is 5.32 Å². The maximum Gasteiger partial charge on any atom is 0.258 e. The maximum atomic E-state index is 12.3. The second kappa shape index (κ2) is 5.47. The second-order valence-electron chi connectivity index (χ2n) is 3.92. The van der Waals surface area contributed by atoms with Gasteiger partial charge < -0.3 is 5.32 Å². The average molecular weight is 369 g/mol. The molecule has 0 aliphatic rings. The molecule has 0 aliphatic carbocycles. The van der Waals surface area contributed by atoms with Gasteiger partial charge in [0.1, 0.15) is 10.1 Å². The van der Waals surface area contributed by atoms with Crippen LogP contribution < -0.4 is 5.32 Å². The van der Waals surface area contributed by atoms with Crippen LogP contribution in [0.25, 0.3) is 10.2 Å². The van der Waals surface area contributed by atoms with Crippen LogP contribution in [0.4, 0.5) is 5.69 Å². The van der Waals surface area contributed by atoms with Crippen molar-refractivity contribution in [3.05, 3.63) is 51.2 Å². The van der Waals surface area contributed by atoms with Crippen LogP contribution in [0.5, 0.6) is 0 Å². The maximum absolute atomic E-state index is 12.3. The minimum absolute atomic E-state index is 0.285. The lowest BCUT2D eigenvalue weighted by Crippen LogP contribution is -2.13. The first-order valence-electron chi connectivity index (χ1n) is 5.60. The molecular weight excluding hydrogens is 362 g/mol. The summed E-state index contributed by atoms with van der Waals surface area (Å²) in [5, 5.41) is 3.26. The van der Waals surface area contributed by atoms with Crippen molar-refractivity contribution in [3.8, 4) is 0 Å². The summed E-state index contributed by atoms with van der Waals surface area (Å²) in [5.74, 6) is -0.285. The van der Waals surface area contributed by atoms with Crippen LogP contribution in [-0.4, -0.2) is 15.9 Å². The Bertz CT molecular complexity index is 805. The number of nitrogens with one attached hydrogen (secondary N) is 1. The zero-order valence-corrected chi connectivity index (χ0v) is 13.1. The Morgan fingerprint density at radius 2 is 2.15 bits per heavy atom. The number of benzene rings is 1. The lowest BCUT2D eigenvalue weighted by Gasteiger charge is -2.08. The van der Waals surface area contributed by atoms with E-state index in [4.69, 9.17) is 11.6 Å². The highest BCUT2D eigenvalue weighted by Crippen LogP contribution is 2.32. The highest BCUT2D eigenvalue weighted by Gasteiger charge is 2.15. The van der Waals surface area contributed by atoms with Gasteiger partial charge in [0.15, 0.2) is 0 Å². The van der Waals surface area contributed by atoms with Gasteiger partial charge in [-0.05, 0) is 40.2 Å². The van der Waals surface area contributed by atoms with E-state index < -0.39 is 0 Å². The van der Waals surface area contributed by atoms with Crippen molar-refractivity contribution in [2.45, 2.75) is 0 Å². The molecule has 0 saturated heterocycles. The third-order valence-electron chi connectivity index (χ3n) is 2.69. The largest absolute Gasteiger partial charge is 0.319 e. The average Bonchev–Trinajstić information content (AvgIpc) is 2.91. The van der Waals surface area contributed by atoms with Gasteiger partial charge in [-0.25, -0.2) is 9.97 Å². The SMILES string of the molecule is O=C(Nc1c(Cl)ccc2scnc12)c1cccnc1Br. The van der Waals surface area contributed by atoms with Gasteiger partial charge in [0, 0.05) is 6.20 Å². The van der Waals surface area contributed by atoms with Gasteiger partial charge in [-0.3, -0.25) is 4.79 Å². The topological polar surface area (TPSA) is 54.9 Å². The van der Waals surface area contributed by atoms with Crippen LogP contribution in [0.15, 0.2) is 40.6 Å². The van der Waals surface area contributed by atoms with E-state index >= 15 is 0 Å². The van der Waals surface area contributed by atoms with E-state index in [9.17, 15) is 4.79 Å². The highest BCUT2D eigenvalue weighted by molar-refractivity contribution is 9.10. The second-order valence-corrected chi connectivity index (χ2v) is 5.96. The molecule has 0 saturated carbocycles. The molecule has 2 aromatic heterocycles. The van der Waals surface area contributed by atoms with E-state index in [1.807, 2.05) is 6.07 Å². The van der Waals surface area contributed by atoms with E-state index in [0.717, 1.165) is 4.70 Å². The Balaban J connectivity index is 2.01. The number of thiazole rings is 1. The monoisotopic (exact) mass is 367 g/mol. The Morgan fingerprint density at radius 3 is 2.95 bits per heavy atom. The molecule has 1 N–H and O–H groups in total. The molecule has 0 atom stereocenters. The molecule has 0 spiro atoms. The molecule has 3 rings (SSSR count). The summed E-state index contributed by atoms with van der Waals surface area (Å²) in [4.78, 5) is 20.6. The summed E-state index contributed by atoms with van der Waals surface area (Å²) in [5.41, 5.74) is 3.37. The standard InChI is InChI=1S/C13H7BrClN3OS/c14-12-7(2-1-5-16-12)13(19)18-10-8(15)3-4-9-11(10)17-6-20-9/h1-6H,(H,18,19). The van der Waals surface area contributed by atoms with E-state index in [1.54, 1.807) is 29.9 Å². The van der Waals surface area contributed by atoms with Crippen LogP contribution in [-0.2, 0) is 0 Å². The fraction of sp³-hybridized carbons (Fsp3) is 0. The van der Waals surface area contributed by atoms with Crippen molar-refractivity contribution >= 4 is 60.7 Å². The number of nitrogens with zero attached hydrogens (tertiary/aromatic N) is 2. The lowest BCUT2D eigenvalue weighted by atomic mass is 10.2. The van der Waals surface area contributed by atoms with Crippen molar-refractivity contribution in [2.24, 2.45) is 0 Å². The molecule has 0 radical (unpaired) electrons. The van der Waals surface area contributed by atoms with E-state index in [0.29, 0.717) is 26.4 Å². The Morgan fingerprint density at radius 1 is 1.30 bits per heavy atom. The zero-order chi connectivity index (χ0) is 14.1. The Labute approximate surface area is 131 Å². The molecule has 7 heteroatoms. The molecular formula is C13H7BrClN3OS. The number of halogens is 2. The molecule has 0 unspecified atom stereocenters. The first-order valence-corrected chi connectivity index (χ1v) is 7.65. The minimum atomic E-state index is -0.285. The fourth-order valence-electron chi connectivity index (χ4n) is 1.76. The zero-order valence-electron chi connectivity index (χ0n) is 9.93. The molecule has 4 nitrogen and oxygen atoms in total. The number of fused-ring (bicyclic) bond motifs is 1. The molecule has 2 heterocycles. The molecule has 100 valence electrons. The van der Waals surface area contributed by atoms with Crippen LogP contribution >= 0.6 is 38.9 Å². The van der Waals surface area contributed by atoms with Crippen LogP contribution in [0.3, 0.4) is 0 Å². The third kappa shape index (κ3) is 2.42. The number of aromatic nitrogens is 2. The van der Waals surface area contributed by atoms with Gasteiger partial charge >= 0.3 is 0 Å². The number of carbonyl (C=O) groups excluding carboxylic acids is 1. The summed E-state index contributed by atoms with van der Waals surface area (Å²) < 4.78 is 1.45. The normalized spacial score (nSPS) is 10.7. The number of pyridine rings is 1. The number of rotatable bonds is 2. The van der Waals surface area contributed by atoms with Gasteiger partial charge in [-0.2, -0.15) is 0 Å². The highest BCUT2D eigenvalue weighted by atomic mass is 79.9. The summed E-state index contributed by atoms with van der Waals surface area (Å²) in [6.07, 6.45) is 1.61. The van der Waals surface area contributed by atoms with Crippen molar-refractivity contribution in [3.63, 3.8) is 0 Å². The number of anilines is 1. The summed E-state index contributed by atoms with van der Waals surface area (Å²) >= 11 is 10.9.